The highest BCUT2D eigenvalue weighted by Crippen LogP contribution is 2.27. The van der Waals surface area contributed by atoms with Crippen molar-refractivity contribution in [2.24, 2.45) is 0 Å². The van der Waals surface area contributed by atoms with Gasteiger partial charge in [0.05, 0.1) is 5.56 Å². The fourth-order valence-corrected chi connectivity index (χ4v) is 2.01. The summed E-state index contributed by atoms with van der Waals surface area (Å²) in [5, 5.41) is 0.444. The fraction of sp³-hybridized carbons (Fsp3) is 0.500. The number of halogens is 3. The molecular weight excluding hydrogens is 277 g/mol. The Morgan fingerprint density at radius 1 is 1.16 bits per heavy atom. The van der Waals surface area contributed by atoms with Crippen LogP contribution in [0.25, 0.3) is 0 Å². The molecule has 106 valence electrons. The van der Waals surface area contributed by atoms with E-state index in [0.29, 0.717) is 18.4 Å². The standard InChI is InChI=1S/C12H15F3O3Si/c1-3-16-11(17-4-2)18-19-10-7-5-6-9(8-10)12(13,14)15/h5-8,11H,3-4H2,1-2H3. The van der Waals surface area contributed by atoms with Gasteiger partial charge in [-0.05, 0) is 25.1 Å². The molecule has 0 atom stereocenters. The lowest BCUT2D eigenvalue weighted by molar-refractivity contribution is -0.242. The van der Waals surface area contributed by atoms with Gasteiger partial charge in [-0.2, -0.15) is 13.2 Å². The van der Waals surface area contributed by atoms with Gasteiger partial charge in [-0.15, -0.1) is 0 Å². The van der Waals surface area contributed by atoms with Crippen molar-refractivity contribution in [1.82, 2.24) is 0 Å². The van der Waals surface area contributed by atoms with E-state index in [1.807, 2.05) is 0 Å². The lowest BCUT2D eigenvalue weighted by atomic mass is 10.2. The first-order valence-electron chi connectivity index (χ1n) is 5.79. The van der Waals surface area contributed by atoms with Crippen LogP contribution in [-0.4, -0.2) is 29.5 Å². The summed E-state index contributed by atoms with van der Waals surface area (Å²) in [6.45, 7) is 3.52. The Morgan fingerprint density at radius 3 is 2.32 bits per heavy atom. The van der Waals surface area contributed by atoms with Crippen LogP contribution in [0, 0.1) is 0 Å². The van der Waals surface area contributed by atoms with E-state index in [1.54, 1.807) is 19.9 Å². The summed E-state index contributed by atoms with van der Waals surface area (Å²) in [5.41, 5.74) is -0.689. The van der Waals surface area contributed by atoms with Gasteiger partial charge in [0.25, 0.3) is 16.2 Å². The Bertz CT molecular complexity index is 379. The van der Waals surface area contributed by atoms with Gasteiger partial charge in [0.15, 0.2) is 0 Å². The molecule has 0 amide bonds. The molecule has 2 radical (unpaired) electrons. The number of hydrogen-bond donors (Lipinski definition) is 0. The molecule has 0 N–H and O–H groups in total. The van der Waals surface area contributed by atoms with Gasteiger partial charge in [-0.25, -0.2) is 0 Å². The third-order valence-electron chi connectivity index (χ3n) is 2.07. The highest BCUT2D eigenvalue weighted by Gasteiger charge is 2.30. The Hall–Kier alpha value is -0.893. The van der Waals surface area contributed by atoms with E-state index in [2.05, 4.69) is 0 Å². The van der Waals surface area contributed by atoms with E-state index in [4.69, 9.17) is 13.9 Å². The first kappa shape index (κ1) is 16.2. The van der Waals surface area contributed by atoms with Crippen molar-refractivity contribution in [1.29, 1.82) is 0 Å². The van der Waals surface area contributed by atoms with Crippen LogP contribution >= 0.6 is 0 Å². The number of benzene rings is 1. The molecule has 1 aromatic rings. The molecule has 0 heterocycles. The molecule has 0 aliphatic carbocycles. The largest absolute Gasteiger partial charge is 0.416 e. The van der Waals surface area contributed by atoms with Crippen LogP contribution in [0.2, 0.25) is 0 Å². The van der Waals surface area contributed by atoms with E-state index >= 15 is 0 Å². The third-order valence-corrected chi connectivity index (χ3v) is 2.93. The first-order chi connectivity index (χ1) is 8.97. The predicted octanol–water partition coefficient (Wildman–Crippen LogP) is 2.32. The molecule has 0 fully saturated rings. The van der Waals surface area contributed by atoms with E-state index < -0.39 is 18.2 Å². The lowest BCUT2D eigenvalue weighted by Crippen LogP contribution is -2.29. The smallest absolute Gasteiger partial charge is 0.366 e. The highest BCUT2D eigenvalue weighted by molar-refractivity contribution is 6.46. The van der Waals surface area contributed by atoms with E-state index in [-0.39, 0.29) is 9.76 Å². The summed E-state index contributed by atoms with van der Waals surface area (Å²) in [6.07, 6.45) is -4.35. The summed E-state index contributed by atoms with van der Waals surface area (Å²) in [6, 6.07) is 5.01. The van der Waals surface area contributed by atoms with Crippen LogP contribution in [0.15, 0.2) is 24.3 Å². The summed E-state index contributed by atoms with van der Waals surface area (Å²) in [4.78, 5) is 0. The molecule has 1 aromatic carbocycles. The molecule has 0 aromatic heterocycles. The SMILES string of the molecule is CCOC(OCC)O[Si]c1cccc(C(F)(F)F)c1. The number of hydrogen-bond acceptors (Lipinski definition) is 3. The third kappa shape index (κ3) is 5.73. The van der Waals surface area contributed by atoms with Crippen LogP contribution < -0.4 is 5.19 Å². The fourth-order valence-electron chi connectivity index (χ4n) is 1.26. The highest BCUT2D eigenvalue weighted by atomic mass is 28.2. The number of rotatable bonds is 7. The van der Waals surface area contributed by atoms with E-state index in [0.717, 1.165) is 12.1 Å². The number of ether oxygens (including phenoxy) is 2. The van der Waals surface area contributed by atoms with Gasteiger partial charge < -0.3 is 13.9 Å². The van der Waals surface area contributed by atoms with Crippen molar-refractivity contribution < 1.29 is 27.1 Å². The van der Waals surface area contributed by atoms with Crippen LogP contribution in [0.1, 0.15) is 19.4 Å². The van der Waals surface area contributed by atoms with Gasteiger partial charge in [0, 0.05) is 13.2 Å². The second-order valence-electron chi connectivity index (χ2n) is 3.50. The Kier molecular flexibility index (Phi) is 6.50. The second-order valence-corrected chi connectivity index (χ2v) is 4.52. The maximum Gasteiger partial charge on any atom is 0.416 e. The summed E-state index contributed by atoms with van der Waals surface area (Å²) >= 11 is 0. The molecule has 0 saturated carbocycles. The van der Waals surface area contributed by atoms with Crippen LogP contribution in [-0.2, 0) is 20.1 Å². The van der Waals surface area contributed by atoms with E-state index in [9.17, 15) is 13.2 Å². The molecule has 0 aliphatic heterocycles. The number of alkyl halides is 3. The zero-order valence-electron chi connectivity index (χ0n) is 10.7. The normalized spacial score (nSPS) is 12.1. The van der Waals surface area contributed by atoms with Gasteiger partial charge in [-0.3, -0.25) is 0 Å². The summed E-state index contributed by atoms with van der Waals surface area (Å²) in [7, 11) is -0.270. The lowest BCUT2D eigenvalue weighted by Gasteiger charge is -2.17. The quantitative estimate of drug-likeness (QED) is 0.570. The molecule has 0 spiro atoms. The van der Waals surface area contributed by atoms with Crippen molar-refractivity contribution >= 4 is 14.9 Å². The topological polar surface area (TPSA) is 27.7 Å². The maximum atomic E-state index is 12.5. The molecular formula is C12H15F3O3Si. The van der Waals surface area contributed by atoms with Gasteiger partial charge in [0.2, 0.25) is 0 Å². The van der Waals surface area contributed by atoms with Crippen molar-refractivity contribution in [3.8, 4) is 0 Å². The Labute approximate surface area is 112 Å². The van der Waals surface area contributed by atoms with Crippen LogP contribution in [0.3, 0.4) is 0 Å². The maximum absolute atomic E-state index is 12.5. The summed E-state index contributed by atoms with van der Waals surface area (Å²) in [5.74, 6) is 0. The Balaban J connectivity index is 2.61. The molecule has 1 rings (SSSR count). The van der Waals surface area contributed by atoms with Gasteiger partial charge >= 0.3 is 6.18 Å². The Morgan fingerprint density at radius 2 is 1.79 bits per heavy atom. The zero-order chi connectivity index (χ0) is 14.3. The summed E-state index contributed by atoms with van der Waals surface area (Å²) < 4.78 is 53.1. The van der Waals surface area contributed by atoms with Gasteiger partial charge in [0.1, 0.15) is 0 Å². The van der Waals surface area contributed by atoms with Crippen molar-refractivity contribution in [3.63, 3.8) is 0 Å². The van der Waals surface area contributed by atoms with Crippen LogP contribution in [0.4, 0.5) is 13.2 Å². The monoisotopic (exact) mass is 292 g/mol. The van der Waals surface area contributed by atoms with Crippen molar-refractivity contribution in [2.45, 2.75) is 26.5 Å². The minimum atomic E-state index is -4.35. The predicted molar refractivity (Wildman–Crippen MR) is 65.0 cm³/mol. The van der Waals surface area contributed by atoms with Gasteiger partial charge in [-0.1, -0.05) is 18.2 Å². The molecule has 0 bridgehead atoms. The van der Waals surface area contributed by atoms with E-state index in [1.165, 1.54) is 6.07 Å². The van der Waals surface area contributed by atoms with Crippen molar-refractivity contribution in [2.75, 3.05) is 13.2 Å². The average molecular weight is 292 g/mol. The zero-order valence-corrected chi connectivity index (χ0v) is 11.7. The molecule has 0 unspecified atom stereocenters. The average Bonchev–Trinajstić information content (AvgIpc) is 2.36. The molecule has 0 saturated heterocycles. The molecule has 3 nitrogen and oxygen atoms in total. The first-order valence-corrected chi connectivity index (χ1v) is 6.70. The minimum Gasteiger partial charge on any atom is -0.366 e. The minimum absolute atomic E-state index is 0.270. The molecule has 0 aliphatic rings. The van der Waals surface area contributed by atoms with Crippen LogP contribution in [0.5, 0.6) is 0 Å². The molecule has 19 heavy (non-hydrogen) atoms. The molecule has 7 heteroatoms. The van der Waals surface area contributed by atoms with Crippen molar-refractivity contribution in [3.05, 3.63) is 29.8 Å². The second kappa shape index (κ2) is 7.64.